The largest absolute Gasteiger partial charge is 0.469 e. The van der Waals surface area contributed by atoms with Gasteiger partial charge in [0.1, 0.15) is 0 Å². The second kappa shape index (κ2) is 7.78. The molecule has 114 valence electrons. The molecule has 1 amide bonds. The molecule has 0 saturated carbocycles. The van der Waals surface area contributed by atoms with Gasteiger partial charge in [0, 0.05) is 39.1 Å². The van der Waals surface area contributed by atoms with E-state index in [9.17, 15) is 9.59 Å². The number of benzene rings is 1. The molecule has 0 spiro atoms. The van der Waals surface area contributed by atoms with Gasteiger partial charge in [-0.15, -0.1) is 0 Å². The highest BCUT2D eigenvalue weighted by atomic mass is 16.5. The zero-order valence-electron chi connectivity index (χ0n) is 12.5. The van der Waals surface area contributed by atoms with E-state index < -0.39 is 0 Å². The average Bonchev–Trinajstić information content (AvgIpc) is 2.54. The molecule has 1 aromatic carbocycles. The van der Waals surface area contributed by atoms with E-state index in [0.717, 1.165) is 32.7 Å². The van der Waals surface area contributed by atoms with Gasteiger partial charge in [0.05, 0.1) is 13.5 Å². The molecule has 0 unspecified atom stereocenters. The van der Waals surface area contributed by atoms with Gasteiger partial charge in [0.15, 0.2) is 0 Å². The van der Waals surface area contributed by atoms with Crippen molar-refractivity contribution in [3.05, 3.63) is 35.9 Å². The summed E-state index contributed by atoms with van der Waals surface area (Å²) >= 11 is 0. The average molecular weight is 290 g/mol. The summed E-state index contributed by atoms with van der Waals surface area (Å²) in [7, 11) is 1.34. The number of esters is 1. The summed E-state index contributed by atoms with van der Waals surface area (Å²) in [5.41, 5.74) is 1.29. The number of carbonyl (C=O) groups excluding carboxylic acids is 2. The van der Waals surface area contributed by atoms with Crippen molar-refractivity contribution in [1.82, 2.24) is 9.80 Å². The third-order valence-corrected chi connectivity index (χ3v) is 3.74. The molecule has 1 fully saturated rings. The third-order valence-electron chi connectivity index (χ3n) is 3.74. The Labute approximate surface area is 125 Å². The molecule has 2 rings (SSSR count). The fourth-order valence-corrected chi connectivity index (χ4v) is 2.47. The van der Waals surface area contributed by atoms with Gasteiger partial charge in [-0.1, -0.05) is 30.3 Å². The molecular weight excluding hydrogens is 268 g/mol. The van der Waals surface area contributed by atoms with Gasteiger partial charge in [-0.2, -0.15) is 0 Å². The van der Waals surface area contributed by atoms with E-state index in [2.05, 4.69) is 21.8 Å². The van der Waals surface area contributed by atoms with Crippen LogP contribution in [-0.4, -0.2) is 55.0 Å². The van der Waals surface area contributed by atoms with Gasteiger partial charge in [0.2, 0.25) is 5.91 Å². The lowest BCUT2D eigenvalue weighted by Gasteiger charge is -2.34. The van der Waals surface area contributed by atoms with Crippen LogP contribution in [0.4, 0.5) is 0 Å². The van der Waals surface area contributed by atoms with E-state index in [1.807, 2.05) is 23.1 Å². The van der Waals surface area contributed by atoms with Crippen LogP contribution in [0, 0.1) is 0 Å². The van der Waals surface area contributed by atoms with Crippen LogP contribution in [0.5, 0.6) is 0 Å². The van der Waals surface area contributed by atoms with Crippen LogP contribution < -0.4 is 0 Å². The highest BCUT2D eigenvalue weighted by molar-refractivity contribution is 5.81. The molecule has 1 aliphatic heterocycles. The zero-order valence-corrected chi connectivity index (χ0v) is 12.5. The molecule has 0 radical (unpaired) electrons. The van der Waals surface area contributed by atoms with E-state index in [0.29, 0.717) is 0 Å². The van der Waals surface area contributed by atoms with Crippen LogP contribution >= 0.6 is 0 Å². The number of piperazine rings is 1. The first-order chi connectivity index (χ1) is 10.2. The number of rotatable bonds is 5. The molecule has 0 bridgehead atoms. The standard InChI is InChI=1S/C16H22N2O3/c1-21-16(20)8-7-15(19)18-11-9-17(10-12-18)13-14-5-3-2-4-6-14/h2-6H,7-13H2,1H3. The summed E-state index contributed by atoms with van der Waals surface area (Å²) in [6.07, 6.45) is 0.408. The van der Waals surface area contributed by atoms with Gasteiger partial charge >= 0.3 is 5.97 Å². The minimum atomic E-state index is -0.328. The van der Waals surface area contributed by atoms with E-state index in [1.165, 1.54) is 12.7 Å². The van der Waals surface area contributed by atoms with Crippen molar-refractivity contribution >= 4 is 11.9 Å². The second-order valence-corrected chi connectivity index (χ2v) is 5.22. The van der Waals surface area contributed by atoms with Gasteiger partial charge in [0.25, 0.3) is 0 Å². The Hall–Kier alpha value is -1.88. The Kier molecular flexibility index (Phi) is 5.75. The summed E-state index contributed by atoms with van der Waals surface area (Å²) in [5, 5.41) is 0. The third kappa shape index (κ3) is 4.86. The summed E-state index contributed by atoms with van der Waals surface area (Å²) < 4.78 is 4.55. The Bertz CT molecular complexity index is 468. The fourth-order valence-electron chi connectivity index (χ4n) is 2.47. The number of carbonyl (C=O) groups is 2. The smallest absolute Gasteiger partial charge is 0.306 e. The van der Waals surface area contributed by atoms with Gasteiger partial charge in [-0.05, 0) is 5.56 Å². The molecule has 0 atom stereocenters. The minimum Gasteiger partial charge on any atom is -0.469 e. The molecule has 21 heavy (non-hydrogen) atoms. The van der Waals surface area contributed by atoms with Crippen LogP contribution in [-0.2, 0) is 20.9 Å². The molecule has 5 nitrogen and oxygen atoms in total. The van der Waals surface area contributed by atoms with Gasteiger partial charge in [-0.25, -0.2) is 0 Å². The Morgan fingerprint density at radius 1 is 1.05 bits per heavy atom. The SMILES string of the molecule is COC(=O)CCC(=O)N1CCN(Cc2ccccc2)CC1. The Balaban J connectivity index is 1.72. The monoisotopic (exact) mass is 290 g/mol. The maximum atomic E-state index is 12.0. The van der Waals surface area contributed by atoms with Gasteiger partial charge in [-0.3, -0.25) is 14.5 Å². The highest BCUT2D eigenvalue weighted by Crippen LogP contribution is 2.10. The van der Waals surface area contributed by atoms with E-state index in [4.69, 9.17) is 0 Å². The predicted octanol–water partition coefficient (Wildman–Crippen LogP) is 1.28. The van der Waals surface area contributed by atoms with E-state index >= 15 is 0 Å². The van der Waals surface area contributed by atoms with Crippen molar-refractivity contribution in [1.29, 1.82) is 0 Å². The van der Waals surface area contributed by atoms with Crippen LogP contribution in [0.25, 0.3) is 0 Å². The van der Waals surface area contributed by atoms with Crippen molar-refractivity contribution in [3.8, 4) is 0 Å². The predicted molar refractivity (Wildman–Crippen MR) is 79.5 cm³/mol. The summed E-state index contributed by atoms with van der Waals surface area (Å²) in [4.78, 5) is 27.2. The highest BCUT2D eigenvalue weighted by Gasteiger charge is 2.21. The van der Waals surface area contributed by atoms with Crippen LogP contribution in [0.1, 0.15) is 18.4 Å². The van der Waals surface area contributed by atoms with Crippen LogP contribution in [0.2, 0.25) is 0 Å². The molecule has 1 aliphatic rings. The number of amides is 1. The van der Waals surface area contributed by atoms with Crippen molar-refractivity contribution < 1.29 is 14.3 Å². The Morgan fingerprint density at radius 3 is 2.33 bits per heavy atom. The molecule has 0 N–H and O–H groups in total. The number of ether oxygens (including phenoxy) is 1. The zero-order chi connectivity index (χ0) is 15.1. The maximum absolute atomic E-state index is 12.0. The fraction of sp³-hybridized carbons (Fsp3) is 0.500. The van der Waals surface area contributed by atoms with E-state index in [1.54, 1.807) is 0 Å². The molecule has 1 saturated heterocycles. The number of nitrogens with zero attached hydrogens (tertiary/aromatic N) is 2. The lowest BCUT2D eigenvalue weighted by atomic mass is 10.2. The maximum Gasteiger partial charge on any atom is 0.306 e. The molecule has 0 aromatic heterocycles. The number of methoxy groups -OCH3 is 1. The van der Waals surface area contributed by atoms with Crippen molar-refractivity contribution in [3.63, 3.8) is 0 Å². The van der Waals surface area contributed by atoms with Crippen molar-refractivity contribution in [2.75, 3.05) is 33.3 Å². The first kappa shape index (κ1) is 15.5. The molecule has 0 aliphatic carbocycles. The minimum absolute atomic E-state index is 0.0414. The summed E-state index contributed by atoms with van der Waals surface area (Å²) in [6, 6.07) is 10.3. The van der Waals surface area contributed by atoms with Crippen molar-refractivity contribution in [2.24, 2.45) is 0 Å². The first-order valence-corrected chi connectivity index (χ1v) is 7.30. The molecular formula is C16H22N2O3. The quantitative estimate of drug-likeness (QED) is 0.767. The van der Waals surface area contributed by atoms with E-state index in [-0.39, 0.29) is 24.7 Å². The molecule has 1 heterocycles. The van der Waals surface area contributed by atoms with Gasteiger partial charge < -0.3 is 9.64 Å². The summed E-state index contributed by atoms with van der Waals surface area (Å²) in [5.74, 6) is -0.286. The normalized spacial score (nSPS) is 15.8. The topological polar surface area (TPSA) is 49.9 Å². The molecule has 5 heteroatoms. The first-order valence-electron chi connectivity index (χ1n) is 7.30. The lowest BCUT2D eigenvalue weighted by Crippen LogP contribution is -2.48. The molecule has 1 aromatic rings. The van der Waals surface area contributed by atoms with Crippen LogP contribution in [0.15, 0.2) is 30.3 Å². The Morgan fingerprint density at radius 2 is 1.71 bits per heavy atom. The van der Waals surface area contributed by atoms with Crippen molar-refractivity contribution in [2.45, 2.75) is 19.4 Å². The lowest BCUT2D eigenvalue weighted by molar-refractivity contribution is -0.144. The summed E-state index contributed by atoms with van der Waals surface area (Å²) in [6.45, 7) is 4.13. The second-order valence-electron chi connectivity index (χ2n) is 5.22. The van der Waals surface area contributed by atoms with Crippen LogP contribution in [0.3, 0.4) is 0 Å². The number of hydrogen-bond donors (Lipinski definition) is 0. The number of hydrogen-bond acceptors (Lipinski definition) is 4.